The van der Waals surface area contributed by atoms with Crippen LogP contribution in [0.25, 0.3) is 0 Å². The Morgan fingerprint density at radius 1 is 1.38 bits per heavy atom. The molecule has 0 atom stereocenters. The summed E-state index contributed by atoms with van der Waals surface area (Å²) in [7, 11) is 1.37. The van der Waals surface area contributed by atoms with Gasteiger partial charge in [-0.05, 0) is 30.7 Å². The Bertz CT molecular complexity index is 676. The van der Waals surface area contributed by atoms with Gasteiger partial charge in [-0.15, -0.1) is 11.6 Å². The van der Waals surface area contributed by atoms with E-state index >= 15 is 0 Å². The Morgan fingerprint density at radius 3 is 2.71 bits per heavy atom. The van der Waals surface area contributed by atoms with Crippen molar-refractivity contribution in [3.8, 4) is 17.4 Å². The first-order valence-corrected chi connectivity index (χ1v) is 6.60. The Morgan fingerprint density at radius 2 is 2.14 bits per heavy atom. The fourth-order valence-electron chi connectivity index (χ4n) is 1.79. The zero-order valence-corrected chi connectivity index (χ0v) is 12.3. The Hall–Kier alpha value is -2.34. The lowest BCUT2D eigenvalue weighted by Gasteiger charge is -2.09. The minimum atomic E-state index is -0.525. The lowest BCUT2D eigenvalue weighted by atomic mass is 10.2. The highest BCUT2D eigenvalue weighted by molar-refractivity contribution is 6.17. The number of aryl methyl sites for hydroxylation is 1. The largest absolute Gasteiger partial charge is 0.490 e. The van der Waals surface area contributed by atoms with E-state index in [-0.39, 0.29) is 11.4 Å². The number of alkyl halides is 1. The average molecular weight is 309 g/mol. The number of nitro groups is 1. The van der Waals surface area contributed by atoms with Gasteiger partial charge >= 0.3 is 5.69 Å². The maximum atomic E-state index is 11.0. The van der Waals surface area contributed by atoms with Gasteiger partial charge in [0.1, 0.15) is 5.75 Å². The molecule has 0 aliphatic heterocycles. The van der Waals surface area contributed by atoms with Crippen LogP contribution in [0, 0.1) is 17.0 Å². The van der Waals surface area contributed by atoms with Gasteiger partial charge in [-0.3, -0.25) is 10.1 Å². The van der Waals surface area contributed by atoms with Gasteiger partial charge in [0.05, 0.1) is 18.1 Å². The molecule has 21 heavy (non-hydrogen) atoms. The third-order valence-corrected chi connectivity index (χ3v) is 3.11. The van der Waals surface area contributed by atoms with Crippen molar-refractivity contribution in [2.24, 2.45) is 0 Å². The first-order valence-electron chi connectivity index (χ1n) is 6.07. The number of nitro benzene ring substituents is 1. The highest BCUT2D eigenvalue weighted by atomic mass is 35.5. The summed E-state index contributed by atoms with van der Waals surface area (Å²) in [5.41, 5.74) is 1.51. The van der Waals surface area contributed by atoms with Gasteiger partial charge in [-0.25, -0.2) is 4.98 Å². The van der Waals surface area contributed by atoms with E-state index in [4.69, 9.17) is 21.1 Å². The second kappa shape index (κ2) is 6.41. The molecule has 0 unspecified atom stereocenters. The minimum absolute atomic E-state index is 0.162. The summed E-state index contributed by atoms with van der Waals surface area (Å²) in [5, 5.41) is 11.0. The molecule has 0 saturated carbocycles. The van der Waals surface area contributed by atoms with Gasteiger partial charge in [0, 0.05) is 17.6 Å². The monoisotopic (exact) mass is 308 g/mol. The predicted octanol–water partition coefficient (Wildman–Crippen LogP) is 3.84. The summed E-state index contributed by atoms with van der Waals surface area (Å²) >= 11 is 5.73. The number of benzene rings is 1. The highest BCUT2D eigenvalue weighted by Gasteiger charge is 2.16. The van der Waals surface area contributed by atoms with Crippen LogP contribution in [0.5, 0.6) is 17.4 Å². The van der Waals surface area contributed by atoms with E-state index in [1.165, 1.54) is 19.2 Å². The van der Waals surface area contributed by atoms with Crippen LogP contribution in [-0.4, -0.2) is 17.0 Å². The SMILES string of the molecule is COc1ccc(Oc2ncc(CCl)cc2C)cc1[N+](=O)[O-]. The molecule has 1 aromatic heterocycles. The van der Waals surface area contributed by atoms with Crippen molar-refractivity contribution in [1.82, 2.24) is 4.98 Å². The van der Waals surface area contributed by atoms with Crippen molar-refractivity contribution < 1.29 is 14.4 Å². The first kappa shape index (κ1) is 15.1. The van der Waals surface area contributed by atoms with Crippen molar-refractivity contribution in [3.63, 3.8) is 0 Å². The summed E-state index contributed by atoms with van der Waals surface area (Å²) in [6.45, 7) is 1.83. The predicted molar refractivity (Wildman–Crippen MR) is 78.3 cm³/mol. The number of methoxy groups -OCH3 is 1. The van der Waals surface area contributed by atoms with E-state index in [1.807, 2.05) is 13.0 Å². The molecule has 0 aliphatic carbocycles. The van der Waals surface area contributed by atoms with E-state index < -0.39 is 4.92 Å². The normalized spacial score (nSPS) is 10.2. The molecule has 2 rings (SSSR count). The fraction of sp³-hybridized carbons (Fsp3) is 0.214. The van der Waals surface area contributed by atoms with Gasteiger partial charge in [-0.2, -0.15) is 0 Å². The molecule has 7 heteroatoms. The molecule has 1 heterocycles. The number of pyridine rings is 1. The lowest BCUT2D eigenvalue weighted by Crippen LogP contribution is -1.96. The second-order valence-corrected chi connectivity index (χ2v) is 4.56. The quantitative estimate of drug-likeness (QED) is 0.476. The topological polar surface area (TPSA) is 74.5 Å². The zero-order chi connectivity index (χ0) is 15.4. The third-order valence-electron chi connectivity index (χ3n) is 2.80. The fourth-order valence-corrected chi connectivity index (χ4v) is 1.93. The molecule has 110 valence electrons. The molecular weight excluding hydrogens is 296 g/mol. The summed E-state index contributed by atoms with van der Waals surface area (Å²) in [6.07, 6.45) is 1.60. The Labute approximate surface area is 126 Å². The van der Waals surface area contributed by atoms with Gasteiger partial charge in [0.2, 0.25) is 5.88 Å². The van der Waals surface area contributed by atoms with Gasteiger partial charge < -0.3 is 9.47 Å². The molecule has 0 amide bonds. The van der Waals surface area contributed by atoms with Crippen molar-refractivity contribution >= 4 is 17.3 Å². The standard InChI is InChI=1S/C14H13ClN2O4/c1-9-5-10(7-15)8-16-14(9)21-11-3-4-13(20-2)12(6-11)17(18)19/h3-6,8H,7H2,1-2H3. The zero-order valence-electron chi connectivity index (χ0n) is 11.5. The van der Waals surface area contributed by atoms with Crippen LogP contribution < -0.4 is 9.47 Å². The first-order chi connectivity index (χ1) is 10.0. The Kier molecular flexibility index (Phi) is 4.59. The number of rotatable bonds is 5. The molecule has 0 fully saturated rings. The van der Waals surface area contributed by atoms with Crippen LogP contribution >= 0.6 is 11.6 Å². The van der Waals surface area contributed by atoms with Crippen LogP contribution in [0.2, 0.25) is 0 Å². The van der Waals surface area contributed by atoms with E-state index in [9.17, 15) is 10.1 Å². The van der Waals surface area contributed by atoms with Crippen LogP contribution in [-0.2, 0) is 5.88 Å². The minimum Gasteiger partial charge on any atom is -0.490 e. The van der Waals surface area contributed by atoms with E-state index in [1.54, 1.807) is 12.3 Å². The van der Waals surface area contributed by atoms with Gasteiger partial charge in [0.25, 0.3) is 0 Å². The van der Waals surface area contributed by atoms with Crippen molar-refractivity contribution in [3.05, 3.63) is 51.7 Å². The smallest absolute Gasteiger partial charge is 0.314 e. The number of aromatic nitrogens is 1. The van der Waals surface area contributed by atoms with Gasteiger partial charge in [-0.1, -0.05) is 0 Å². The molecule has 0 spiro atoms. The summed E-state index contributed by atoms with van der Waals surface area (Å²) < 4.78 is 10.5. The van der Waals surface area contributed by atoms with E-state index in [2.05, 4.69) is 4.98 Å². The molecule has 0 bridgehead atoms. The average Bonchev–Trinajstić information content (AvgIpc) is 2.49. The number of halogens is 1. The van der Waals surface area contributed by atoms with Crippen LogP contribution in [0.15, 0.2) is 30.5 Å². The lowest BCUT2D eigenvalue weighted by molar-refractivity contribution is -0.385. The molecule has 0 N–H and O–H groups in total. The van der Waals surface area contributed by atoms with Crippen LogP contribution in [0.3, 0.4) is 0 Å². The van der Waals surface area contributed by atoms with Gasteiger partial charge in [0.15, 0.2) is 5.75 Å². The van der Waals surface area contributed by atoms with E-state index in [0.29, 0.717) is 17.5 Å². The molecule has 6 nitrogen and oxygen atoms in total. The second-order valence-electron chi connectivity index (χ2n) is 4.29. The van der Waals surface area contributed by atoms with Crippen LogP contribution in [0.4, 0.5) is 5.69 Å². The van der Waals surface area contributed by atoms with Crippen molar-refractivity contribution in [2.45, 2.75) is 12.8 Å². The molecular formula is C14H13ClN2O4. The summed E-state index contributed by atoms with van der Waals surface area (Å²) in [6, 6.07) is 6.22. The molecule has 0 saturated heterocycles. The maximum absolute atomic E-state index is 11.0. The van der Waals surface area contributed by atoms with Crippen molar-refractivity contribution in [2.75, 3.05) is 7.11 Å². The number of nitrogens with zero attached hydrogens (tertiary/aromatic N) is 2. The molecule has 0 aliphatic rings. The summed E-state index contributed by atoms with van der Waals surface area (Å²) in [4.78, 5) is 14.6. The number of hydrogen-bond acceptors (Lipinski definition) is 5. The molecule has 2 aromatic rings. The molecule has 1 aromatic carbocycles. The highest BCUT2D eigenvalue weighted by Crippen LogP contribution is 2.33. The van der Waals surface area contributed by atoms with Crippen LogP contribution in [0.1, 0.15) is 11.1 Å². The van der Waals surface area contributed by atoms with Crippen molar-refractivity contribution in [1.29, 1.82) is 0 Å². The third kappa shape index (κ3) is 3.41. The maximum Gasteiger partial charge on any atom is 0.314 e. The summed E-state index contributed by atoms with van der Waals surface area (Å²) in [5.74, 6) is 1.23. The number of hydrogen-bond donors (Lipinski definition) is 0. The Balaban J connectivity index is 2.31. The number of ether oxygens (including phenoxy) is 2. The molecule has 0 radical (unpaired) electrons. The van der Waals surface area contributed by atoms with E-state index in [0.717, 1.165) is 11.1 Å².